The second-order valence-electron chi connectivity index (χ2n) is 5.11. The highest BCUT2D eigenvalue weighted by molar-refractivity contribution is 5.17. The van der Waals surface area contributed by atoms with Crippen molar-refractivity contribution in [1.29, 1.82) is 0 Å². The predicted molar refractivity (Wildman–Crippen MR) is 72.5 cm³/mol. The Kier molecular flexibility index (Phi) is 4.54. The van der Waals surface area contributed by atoms with Crippen LogP contribution in [0.25, 0.3) is 0 Å². The predicted octanol–water partition coefficient (Wildman–Crippen LogP) is 0.848. The summed E-state index contributed by atoms with van der Waals surface area (Å²) in [6.45, 7) is -0.152. The minimum Gasteiger partial charge on any atom is -0.394 e. The number of ether oxygens (including phenoxy) is 5. The average molecular weight is 296 g/mol. The molecule has 0 saturated carbocycles. The molecule has 6 heteroatoms. The lowest BCUT2D eigenvalue weighted by Crippen LogP contribution is -2.50. The third-order valence-corrected chi connectivity index (χ3v) is 3.91. The summed E-state index contributed by atoms with van der Waals surface area (Å²) in [5.74, 6) is 0. The van der Waals surface area contributed by atoms with E-state index in [1.54, 1.807) is 14.2 Å². The summed E-state index contributed by atoms with van der Waals surface area (Å²) in [6, 6.07) is 9.60. The van der Waals surface area contributed by atoms with E-state index in [2.05, 4.69) is 0 Å². The zero-order chi connectivity index (χ0) is 14.8. The molecule has 0 spiro atoms. The van der Waals surface area contributed by atoms with Crippen LogP contribution in [0, 0.1) is 0 Å². The first kappa shape index (κ1) is 14.9. The van der Waals surface area contributed by atoms with E-state index in [9.17, 15) is 5.11 Å². The average Bonchev–Trinajstić information content (AvgIpc) is 2.92. The maximum absolute atomic E-state index is 9.58. The molecule has 3 rings (SSSR count). The number of rotatable bonds is 4. The van der Waals surface area contributed by atoms with Crippen LogP contribution in [-0.2, 0) is 23.7 Å². The standard InChI is InChI=1S/C15H20O6/c1-17-13-12-11(20-15(13)18-2)10(8-16)19-14(21-12)9-6-4-3-5-7-9/h3-7,10-16H,8H2,1-2H3/t10?,11-,12-,13?,14?,15+/m1/s1. The molecule has 0 aliphatic carbocycles. The summed E-state index contributed by atoms with van der Waals surface area (Å²) in [6.07, 6.45) is -2.68. The molecule has 0 bridgehead atoms. The van der Waals surface area contributed by atoms with Crippen LogP contribution >= 0.6 is 0 Å². The van der Waals surface area contributed by atoms with Crippen molar-refractivity contribution in [2.75, 3.05) is 20.8 Å². The third-order valence-electron chi connectivity index (χ3n) is 3.91. The van der Waals surface area contributed by atoms with E-state index >= 15 is 0 Å². The van der Waals surface area contributed by atoms with Crippen LogP contribution in [0.4, 0.5) is 0 Å². The molecule has 116 valence electrons. The number of aliphatic hydroxyl groups is 1. The second-order valence-corrected chi connectivity index (χ2v) is 5.11. The zero-order valence-corrected chi connectivity index (χ0v) is 12.0. The van der Waals surface area contributed by atoms with E-state index in [0.717, 1.165) is 5.56 Å². The summed E-state index contributed by atoms with van der Waals surface area (Å²) in [5.41, 5.74) is 0.894. The van der Waals surface area contributed by atoms with Gasteiger partial charge < -0.3 is 28.8 Å². The summed E-state index contributed by atoms with van der Waals surface area (Å²) in [5, 5.41) is 9.58. The van der Waals surface area contributed by atoms with Gasteiger partial charge in [-0.3, -0.25) is 0 Å². The molecule has 0 amide bonds. The van der Waals surface area contributed by atoms with Gasteiger partial charge in [0, 0.05) is 19.8 Å². The largest absolute Gasteiger partial charge is 0.394 e. The van der Waals surface area contributed by atoms with Gasteiger partial charge >= 0.3 is 0 Å². The quantitative estimate of drug-likeness (QED) is 0.888. The van der Waals surface area contributed by atoms with Crippen LogP contribution in [0.15, 0.2) is 30.3 Å². The highest BCUT2D eigenvalue weighted by Gasteiger charge is 2.53. The van der Waals surface area contributed by atoms with Crippen LogP contribution < -0.4 is 0 Å². The van der Waals surface area contributed by atoms with Crippen molar-refractivity contribution in [3.8, 4) is 0 Å². The smallest absolute Gasteiger partial charge is 0.186 e. The van der Waals surface area contributed by atoms with E-state index in [4.69, 9.17) is 23.7 Å². The van der Waals surface area contributed by atoms with E-state index in [1.807, 2.05) is 30.3 Å². The van der Waals surface area contributed by atoms with Gasteiger partial charge in [0.2, 0.25) is 0 Å². The van der Waals surface area contributed by atoms with Crippen molar-refractivity contribution >= 4 is 0 Å². The lowest BCUT2D eigenvalue weighted by molar-refractivity contribution is -0.291. The first-order valence-electron chi connectivity index (χ1n) is 6.96. The molecule has 21 heavy (non-hydrogen) atoms. The fraction of sp³-hybridized carbons (Fsp3) is 0.600. The first-order chi connectivity index (χ1) is 10.3. The molecule has 6 nitrogen and oxygen atoms in total. The van der Waals surface area contributed by atoms with Crippen molar-refractivity contribution in [2.24, 2.45) is 0 Å². The van der Waals surface area contributed by atoms with Crippen LogP contribution in [0.5, 0.6) is 0 Å². The Balaban J connectivity index is 1.84. The number of fused-ring (bicyclic) bond motifs is 1. The Morgan fingerprint density at radius 3 is 2.38 bits per heavy atom. The molecule has 2 heterocycles. The maximum atomic E-state index is 9.58. The zero-order valence-electron chi connectivity index (χ0n) is 12.0. The van der Waals surface area contributed by atoms with Gasteiger partial charge in [0.05, 0.1) is 6.61 Å². The van der Waals surface area contributed by atoms with E-state index in [-0.39, 0.29) is 18.8 Å². The SMILES string of the molecule is COC1[C@@H](OC)O[C@@H]2C(CO)OC(c3ccccc3)O[C@@H]12. The Morgan fingerprint density at radius 2 is 1.76 bits per heavy atom. The molecule has 0 aromatic heterocycles. The Hall–Kier alpha value is -1.02. The molecule has 1 aromatic rings. The van der Waals surface area contributed by atoms with Gasteiger partial charge in [-0.25, -0.2) is 0 Å². The molecule has 2 aliphatic heterocycles. The van der Waals surface area contributed by atoms with Crippen LogP contribution in [0.1, 0.15) is 11.9 Å². The Bertz CT molecular complexity index is 453. The molecule has 2 fully saturated rings. The third kappa shape index (κ3) is 2.70. The van der Waals surface area contributed by atoms with Crippen molar-refractivity contribution in [3.05, 3.63) is 35.9 Å². The van der Waals surface area contributed by atoms with Crippen molar-refractivity contribution in [2.45, 2.75) is 37.0 Å². The van der Waals surface area contributed by atoms with Gasteiger partial charge in [0.1, 0.15) is 24.4 Å². The highest BCUT2D eigenvalue weighted by Crippen LogP contribution is 2.39. The fourth-order valence-electron chi connectivity index (χ4n) is 2.87. The molecule has 3 unspecified atom stereocenters. The lowest BCUT2D eigenvalue weighted by Gasteiger charge is -2.38. The number of hydrogen-bond donors (Lipinski definition) is 1. The molecule has 1 aromatic carbocycles. The van der Waals surface area contributed by atoms with Crippen molar-refractivity contribution in [1.82, 2.24) is 0 Å². The topological polar surface area (TPSA) is 66.4 Å². The minimum absolute atomic E-state index is 0.152. The molecular formula is C15H20O6. The van der Waals surface area contributed by atoms with Crippen molar-refractivity contribution < 1.29 is 28.8 Å². The van der Waals surface area contributed by atoms with Crippen LogP contribution in [-0.4, -0.2) is 56.6 Å². The molecule has 1 N–H and O–H groups in total. The van der Waals surface area contributed by atoms with E-state index < -0.39 is 24.8 Å². The van der Waals surface area contributed by atoms with Gasteiger partial charge in [0.15, 0.2) is 12.6 Å². The summed E-state index contributed by atoms with van der Waals surface area (Å²) < 4.78 is 28.3. The minimum atomic E-state index is -0.554. The van der Waals surface area contributed by atoms with E-state index in [1.165, 1.54) is 0 Å². The first-order valence-corrected chi connectivity index (χ1v) is 6.96. The normalized spacial score (nSPS) is 39.2. The van der Waals surface area contributed by atoms with Crippen molar-refractivity contribution in [3.63, 3.8) is 0 Å². The lowest BCUT2D eigenvalue weighted by atomic mass is 10.0. The molecule has 0 radical (unpaired) electrons. The van der Waals surface area contributed by atoms with Crippen LogP contribution in [0.2, 0.25) is 0 Å². The Morgan fingerprint density at radius 1 is 1.00 bits per heavy atom. The number of benzene rings is 1. The number of methoxy groups -OCH3 is 2. The molecule has 2 aliphatic rings. The molecular weight excluding hydrogens is 276 g/mol. The van der Waals surface area contributed by atoms with Gasteiger partial charge in [-0.1, -0.05) is 30.3 Å². The van der Waals surface area contributed by atoms with Gasteiger partial charge in [-0.05, 0) is 0 Å². The second kappa shape index (κ2) is 6.39. The van der Waals surface area contributed by atoms with E-state index in [0.29, 0.717) is 0 Å². The summed E-state index contributed by atoms with van der Waals surface area (Å²) >= 11 is 0. The van der Waals surface area contributed by atoms with Gasteiger partial charge in [-0.2, -0.15) is 0 Å². The molecule has 6 atom stereocenters. The molecule has 2 saturated heterocycles. The summed E-state index contributed by atoms with van der Waals surface area (Å²) in [7, 11) is 3.14. The highest BCUT2D eigenvalue weighted by atomic mass is 16.8. The fourth-order valence-corrected chi connectivity index (χ4v) is 2.87. The maximum Gasteiger partial charge on any atom is 0.186 e. The number of hydrogen-bond acceptors (Lipinski definition) is 6. The Labute approximate surface area is 123 Å². The van der Waals surface area contributed by atoms with Gasteiger partial charge in [0.25, 0.3) is 0 Å². The number of aliphatic hydroxyl groups excluding tert-OH is 1. The van der Waals surface area contributed by atoms with Crippen LogP contribution in [0.3, 0.4) is 0 Å². The monoisotopic (exact) mass is 296 g/mol. The van der Waals surface area contributed by atoms with Gasteiger partial charge in [-0.15, -0.1) is 0 Å². The summed E-state index contributed by atoms with van der Waals surface area (Å²) in [4.78, 5) is 0.